The van der Waals surface area contributed by atoms with Gasteiger partial charge >= 0.3 is 0 Å². The summed E-state index contributed by atoms with van der Waals surface area (Å²) in [4.78, 5) is 28.4. The van der Waals surface area contributed by atoms with Crippen LogP contribution in [0.15, 0.2) is 24.3 Å². The van der Waals surface area contributed by atoms with E-state index in [0.717, 1.165) is 35.4 Å². The van der Waals surface area contributed by atoms with Gasteiger partial charge in [0.15, 0.2) is 0 Å². The second-order valence-electron chi connectivity index (χ2n) is 6.91. The van der Waals surface area contributed by atoms with Gasteiger partial charge in [0.25, 0.3) is 0 Å². The number of aromatic amines is 1. The Hall–Kier alpha value is -2.34. The highest BCUT2D eigenvalue weighted by Crippen LogP contribution is 2.29. The van der Waals surface area contributed by atoms with Gasteiger partial charge in [0.2, 0.25) is 11.8 Å². The van der Waals surface area contributed by atoms with Crippen molar-refractivity contribution in [1.29, 1.82) is 0 Å². The molecule has 26 heavy (non-hydrogen) atoms. The molecule has 1 atom stereocenters. The molecule has 0 radical (unpaired) electrons. The maximum absolute atomic E-state index is 12.9. The average Bonchev–Trinajstić information content (AvgIpc) is 3.27. The predicted molar refractivity (Wildman–Crippen MR) is 98.6 cm³/mol. The van der Waals surface area contributed by atoms with E-state index in [4.69, 9.17) is 11.6 Å². The smallest absolute Gasteiger partial charge is 0.245 e. The highest BCUT2D eigenvalue weighted by atomic mass is 35.5. The number of H-pyrrole nitrogens is 1. The largest absolute Gasteiger partial charge is 0.336 e. The molecule has 1 N–H and O–H groups in total. The predicted octanol–water partition coefficient (Wildman–Crippen LogP) is 2.63. The number of carbonyl (C=O) groups excluding carboxylic acids is 2. The lowest BCUT2D eigenvalue weighted by Crippen LogP contribution is -2.48. The minimum absolute atomic E-state index is 0.00848. The molecule has 0 saturated carbocycles. The maximum Gasteiger partial charge on any atom is 0.245 e. The van der Waals surface area contributed by atoms with Crippen molar-refractivity contribution in [2.24, 2.45) is 0 Å². The van der Waals surface area contributed by atoms with Crippen LogP contribution in [0, 0.1) is 0 Å². The number of nitrogens with one attached hydrogen (secondary N) is 1. The summed E-state index contributed by atoms with van der Waals surface area (Å²) in [7, 11) is 0. The first-order valence-corrected chi connectivity index (χ1v) is 9.32. The Labute approximate surface area is 157 Å². The van der Waals surface area contributed by atoms with Gasteiger partial charge in [-0.05, 0) is 25.5 Å². The summed E-state index contributed by atoms with van der Waals surface area (Å²) >= 11 is 5.98. The number of benzene rings is 1. The molecule has 3 heterocycles. The zero-order valence-corrected chi connectivity index (χ0v) is 15.4. The standard InChI is InChI=1S/C19H21ClN4O2/c1-12(24-9-2-3-17(24)25)19(26)23-10-8-16-15(11-23)18(22-21-16)13-4-6-14(20)7-5-13/h4-7,12H,2-3,8-11H2,1H3,(H,21,22)/t12-/m1/s1. The summed E-state index contributed by atoms with van der Waals surface area (Å²) < 4.78 is 0. The van der Waals surface area contributed by atoms with Gasteiger partial charge in [0.05, 0.1) is 5.69 Å². The lowest BCUT2D eigenvalue weighted by Gasteiger charge is -2.32. The Morgan fingerprint density at radius 1 is 1.23 bits per heavy atom. The first-order valence-electron chi connectivity index (χ1n) is 8.95. The topological polar surface area (TPSA) is 69.3 Å². The van der Waals surface area contributed by atoms with E-state index in [-0.39, 0.29) is 11.8 Å². The molecule has 6 nitrogen and oxygen atoms in total. The lowest BCUT2D eigenvalue weighted by atomic mass is 10.0. The minimum atomic E-state index is -0.405. The van der Waals surface area contributed by atoms with Crippen LogP contribution in [0.2, 0.25) is 5.02 Å². The van der Waals surface area contributed by atoms with Crippen LogP contribution < -0.4 is 0 Å². The number of hydrogen-bond donors (Lipinski definition) is 1. The van der Waals surface area contributed by atoms with E-state index in [1.54, 1.807) is 4.90 Å². The minimum Gasteiger partial charge on any atom is -0.336 e. The normalized spacial score (nSPS) is 18.2. The fraction of sp³-hybridized carbons (Fsp3) is 0.421. The van der Waals surface area contributed by atoms with E-state index in [2.05, 4.69) is 10.2 Å². The summed E-state index contributed by atoms with van der Waals surface area (Å²) in [6, 6.07) is 7.14. The number of hydrogen-bond acceptors (Lipinski definition) is 3. The lowest BCUT2D eigenvalue weighted by molar-refractivity contribution is -0.143. The highest BCUT2D eigenvalue weighted by Gasteiger charge is 2.34. The Morgan fingerprint density at radius 3 is 2.69 bits per heavy atom. The molecule has 2 aromatic rings. The number of amides is 2. The summed E-state index contributed by atoms with van der Waals surface area (Å²) in [6.45, 7) is 3.65. The summed E-state index contributed by atoms with van der Waals surface area (Å²) in [5.74, 6) is 0.0860. The fourth-order valence-corrected chi connectivity index (χ4v) is 3.93. The molecule has 1 saturated heterocycles. The van der Waals surface area contributed by atoms with Crippen LogP contribution in [-0.2, 0) is 22.6 Å². The number of fused-ring (bicyclic) bond motifs is 1. The van der Waals surface area contributed by atoms with Crippen molar-refractivity contribution in [2.75, 3.05) is 13.1 Å². The van der Waals surface area contributed by atoms with Gasteiger partial charge in [0, 0.05) is 54.3 Å². The summed E-state index contributed by atoms with van der Waals surface area (Å²) in [5.41, 5.74) is 3.96. The molecule has 2 aliphatic rings. The van der Waals surface area contributed by atoms with Crippen LogP contribution in [0.25, 0.3) is 11.3 Å². The Bertz CT molecular complexity index is 846. The molecule has 1 aromatic carbocycles. The van der Waals surface area contributed by atoms with Crippen molar-refractivity contribution in [2.45, 2.75) is 38.8 Å². The van der Waals surface area contributed by atoms with Gasteiger partial charge in [-0.25, -0.2) is 0 Å². The summed E-state index contributed by atoms with van der Waals surface area (Å²) in [6.07, 6.45) is 2.12. The molecule has 7 heteroatoms. The highest BCUT2D eigenvalue weighted by molar-refractivity contribution is 6.30. The second kappa shape index (κ2) is 6.76. The number of rotatable bonds is 3. The van der Waals surface area contributed by atoms with Crippen LogP contribution >= 0.6 is 11.6 Å². The fourth-order valence-electron chi connectivity index (χ4n) is 3.81. The number of aromatic nitrogens is 2. The first-order chi connectivity index (χ1) is 12.5. The van der Waals surface area contributed by atoms with Crippen molar-refractivity contribution in [3.8, 4) is 11.3 Å². The Balaban J connectivity index is 1.55. The van der Waals surface area contributed by atoms with Crippen molar-refractivity contribution >= 4 is 23.4 Å². The third-order valence-electron chi connectivity index (χ3n) is 5.30. The molecule has 2 amide bonds. The van der Waals surface area contributed by atoms with E-state index < -0.39 is 6.04 Å². The van der Waals surface area contributed by atoms with Crippen molar-refractivity contribution in [1.82, 2.24) is 20.0 Å². The van der Waals surface area contributed by atoms with Crippen LogP contribution in [0.3, 0.4) is 0 Å². The number of carbonyl (C=O) groups is 2. The van der Waals surface area contributed by atoms with Crippen LogP contribution in [0.5, 0.6) is 0 Å². The molecular formula is C19H21ClN4O2. The Morgan fingerprint density at radius 2 is 2.00 bits per heavy atom. The Kier molecular flexibility index (Phi) is 4.44. The van der Waals surface area contributed by atoms with Gasteiger partial charge in [0.1, 0.15) is 6.04 Å². The molecular weight excluding hydrogens is 352 g/mol. The third kappa shape index (κ3) is 2.98. The van der Waals surface area contributed by atoms with Gasteiger partial charge in [-0.2, -0.15) is 5.10 Å². The SMILES string of the molecule is C[C@H](C(=O)N1CCc2[nH]nc(-c3ccc(Cl)cc3)c2C1)N1CCCC1=O. The summed E-state index contributed by atoms with van der Waals surface area (Å²) in [5, 5.41) is 8.24. The van der Waals surface area contributed by atoms with Crippen molar-refractivity contribution in [3.63, 3.8) is 0 Å². The van der Waals surface area contributed by atoms with Crippen molar-refractivity contribution < 1.29 is 9.59 Å². The first kappa shape index (κ1) is 17.1. The zero-order chi connectivity index (χ0) is 18.3. The molecule has 4 rings (SSSR count). The second-order valence-corrected chi connectivity index (χ2v) is 7.35. The molecule has 2 aliphatic heterocycles. The van der Waals surface area contributed by atoms with Crippen LogP contribution in [0.4, 0.5) is 0 Å². The van der Waals surface area contributed by atoms with E-state index in [9.17, 15) is 9.59 Å². The molecule has 0 bridgehead atoms. The monoisotopic (exact) mass is 372 g/mol. The maximum atomic E-state index is 12.9. The number of halogens is 1. The van der Waals surface area contributed by atoms with Gasteiger partial charge < -0.3 is 9.80 Å². The van der Waals surface area contributed by atoms with Crippen LogP contribution in [-0.4, -0.2) is 50.9 Å². The van der Waals surface area contributed by atoms with E-state index in [1.165, 1.54) is 0 Å². The molecule has 1 aromatic heterocycles. The molecule has 1 fully saturated rings. The third-order valence-corrected chi connectivity index (χ3v) is 5.55. The zero-order valence-electron chi connectivity index (χ0n) is 14.7. The number of likely N-dealkylation sites (tertiary alicyclic amines) is 1. The average molecular weight is 373 g/mol. The van der Waals surface area contributed by atoms with Crippen LogP contribution in [0.1, 0.15) is 31.0 Å². The number of nitrogens with zero attached hydrogens (tertiary/aromatic N) is 3. The molecule has 0 spiro atoms. The van der Waals surface area contributed by atoms with E-state index >= 15 is 0 Å². The van der Waals surface area contributed by atoms with Gasteiger partial charge in [-0.1, -0.05) is 23.7 Å². The van der Waals surface area contributed by atoms with E-state index in [0.29, 0.717) is 31.1 Å². The van der Waals surface area contributed by atoms with E-state index in [1.807, 2.05) is 36.1 Å². The molecule has 0 unspecified atom stereocenters. The quantitative estimate of drug-likeness (QED) is 0.900. The van der Waals surface area contributed by atoms with Gasteiger partial charge in [-0.15, -0.1) is 0 Å². The van der Waals surface area contributed by atoms with Crippen molar-refractivity contribution in [3.05, 3.63) is 40.5 Å². The molecule has 0 aliphatic carbocycles. The van der Waals surface area contributed by atoms with Gasteiger partial charge in [-0.3, -0.25) is 14.7 Å². The molecule has 136 valence electrons.